The van der Waals surface area contributed by atoms with E-state index in [1.165, 1.54) is 0 Å². The maximum Gasteiger partial charge on any atom is 0.300 e. The monoisotopic (exact) mass is 149 g/mol. The van der Waals surface area contributed by atoms with Crippen molar-refractivity contribution in [3.05, 3.63) is 0 Å². The van der Waals surface area contributed by atoms with Crippen LogP contribution in [0.25, 0.3) is 0 Å². The van der Waals surface area contributed by atoms with E-state index in [0.29, 0.717) is 0 Å². The molecule has 1 radical (unpaired) electrons. The summed E-state index contributed by atoms with van der Waals surface area (Å²) in [5.74, 6) is -0.833. The van der Waals surface area contributed by atoms with Gasteiger partial charge in [-0.05, 0) is 0 Å². The fourth-order valence-corrected chi connectivity index (χ4v) is 0. The van der Waals surface area contributed by atoms with Crippen molar-refractivity contribution < 1.29 is 42.6 Å². The summed E-state index contributed by atoms with van der Waals surface area (Å²) >= 11 is 0. The molecule has 0 heterocycles. The van der Waals surface area contributed by atoms with E-state index in [1.807, 2.05) is 0 Å². The Morgan fingerprint density at radius 2 is 1.80 bits per heavy atom. The van der Waals surface area contributed by atoms with Crippen LogP contribution in [0.15, 0.2) is 0 Å². The molecule has 0 aromatic heterocycles. The van der Waals surface area contributed by atoms with Gasteiger partial charge in [0, 0.05) is 39.6 Å². The van der Waals surface area contributed by atoms with Crippen molar-refractivity contribution in [2.45, 2.75) is 6.92 Å². The van der Waals surface area contributed by atoms with Crippen LogP contribution in [0, 0.1) is 0 Å². The Balaban J connectivity index is 0. The number of carboxylic acids is 1. The molecule has 0 rings (SSSR count). The van der Waals surface area contributed by atoms with E-state index in [9.17, 15) is 0 Å². The minimum Gasteiger partial charge on any atom is -0.481 e. The van der Waals surface area contributed by atoms with Crippen LogP contribution < -0.4 is 0 Å². The van der Waals surface area contributed by atoms with Gasteiger partial charge in [0.05, 0.1) is 0 Å². The van der Waals surface area contributed by atoms with Crippen molar-refractivity contribution in [3.63, 3.8) is 0 Å². The number of aliphatic carboxylic acids is 1. The summed E-state index contributed by atoms with van der Waals surface area (Å²) in [7, 11) is 0. The molecule has 0 aliphatic heterocycles. The first-order chi connectivity index (χ1) is 1.73. The number of carboxylic acid groups (broad SMARTS) is 1. The predicted molar refractivity (Wildman–Crippen MR) is 13.3 cm³/mol. The second-order valence-electron chi connectivity index (χ2n) is 0.519. The fraction of sp³-hybridized carbons (Fsp3) is 0.500. The van der Waals surface area contributed by atoms with Gasteiger partial charge in [-0.3, -0.25) is 4.79 Å². The standard InChI is InChI=1S/C2H4O2.Y/c1-2(3)4;/h1H3,(H,3,4);. The van der Waals surface area contributed by atoms with Crippen LogP contribution in [-0.4, -0.2) is 11.1 Å². The Hall–Kier alpha value is 0.574. The van der Waals surface area contributed by atoms with E-state index in [1.54, 1.807) is 0 Å². The van der Waals surface area contributed by atoms with E-state index < -0.39 is 5.97 Å². The second kappa shape index (κ2) is 4.57. The SMILES string of the molecule is CC(=O)O.[Y]. The van der Waals surface area contributed by atoms with Crippen molar-refractivity contribution in [2.24, 2.45) is 0 Å². The predicted octanol–water partition coefficient (Wildman–Crippen LogP) is 0.0884. The normalized spacial score (nSPS) is 5.00. The molecular formula is C2H4O2Y. The maximum atomic E-state index is 9.00. The minimum atomic E-state index is -0.833. The zero-order valence-electron chi connectivity index (χ0n) is 2.93. The average Bonchev–Trinajstić information content (AvgIpc) is 0.811. The van der Waals surface area contributed by atoms with Crippen molar-refractivity contribution >= 4 is 5.97 Å². The summed E-state index contributed by atoms with van der Waals surface area (Å²) in [4.78, 5) is 9.00. The first kappa shape index (κ1) is 9.13. The second-order valence-corrected chi connectivity index (χ2v) is 0.519. The molecule has 0 fully saturated rings. The molecule has 0 bridgehead atoms. The molecule has 0 aliphatic rings. The van der Waals surface area contributed by atoms with Gasteiger partial charge in [-0.2, -0.15) is 0 Å². The van der Waals surface area contributed by atoms with E-state index in [2.05, 4.69) is 0 Å². The fourth-order valence-electron chi connectivity index (χ4n) is 0. The van der Waals surface area contributed by atoms with E-state index in [0.717, 1.165) is 6.92 Å². The molecule has 27 valence electrons. The summed E-state index contributed by atoms with van der Waals surface area (Å²) in [5.41, 5.74) is 0. The van der Waals surface area contributed by atoms with Crippen molar-refractivity contribution in [2.75, 3.05) is 0 Å². The van der Waals surface area contributed by atoms with E-state index in [-0.39, 0.29) is 32.7 Å². The van der Waals surface area contributed by atoms with Crippen LogP contribution in [-0.2, 0) is 37.5 Å². The van der Waals surface area contributed by atoms with Crippen molar-refractivity contribution in [1.82, 2.24) is 0 Å². The topological polar surface area (TPSA) is 37.3 Å². The summed E-state index contributed by atoms with van der Waals surface area (Å²) in [5, 5.41) is 7.42. The van der Waals surface area contributed by atoms with Crippen LogP contribution >= 0.6 is 0 Å². The van der Waals surface area contributed by atoms with Gasteiger partial charge in [0.2, 0.25) is 0 Å². The molecule has 0 saturated carbocycles. The van der Waals surface area contributed by atoms with E-state index >= 15 is 0 Å². The minimum absolute atomic E-state index is 0. The molecule has 3 heteroatoms. The Labute approximate surface area is 55.4 Å². The third-order valence-corrected chi connectivity index (χ3v) is 0. The summed E-state index contributed by atoms with van der Waals surface area (Å²) in [6.45, 7) is 1.08. The number of hydrogen-bond donors (Lipinski definition) is 1. The Kier molecular flexibility index (Phi) is 8.35. The molecule has 0 aromatic carbocycles. The van der Waals surface area contributed by atoms with Gasteiger partial charge < -0.3 is 5.11 Å². The molecule has 0 amide bonds. The van der Waals surface area contributed by atoms with Crippen LogP contribution in [0.2, 0.25) is 0 Å². The first-order valence-corrected chi connectivity index (χ1v) is 0.928. The Morgan fingerprint density at radius 3 is 1.80 bits per heavy atom. The Bertz CT molecular complexity index is 30.6. The molecule has 1 N–H and O–H groups in total. The van der Waals surface area contributed by atoms with E-state index in [4.69, 9.17) is 9.90 Å². The van der Waals surface area contributed by atoms with Crippen LogP contribution in [0.4, 0.5) is 0 Å². The van der Waals surface area contributed by atoms with Crippen LogP contribution in [0.5, 0.6) is 0 Å². The molecule has 0 unspecified atom stereocenters. The smallest absolute Gasteiger partial charge is 0.300 e. The quantitative estimate of drug-likeness (QED) is 0.529. The Morgan fingerprint density at radius 1 is 1.80 bits per heavy atom. The molecule has 0 saturated heterocycles. The molecule has 0 aliphatic carbocycles. The third kappa shape index (κ3) is 92.0. The number of hydrogen-bond acceptors (Lipinski definition) is 1. The summed E-state index contributed by atoms with van der Waals surface area (Å²) in [6.07, 6.45) is 0. The van der Waals surface area contributed by atoms with Gasteiger partial charge in [-0.1, -0.05) is 0 Å². The zero-order chi connectivity index (χ0) is 3.58. The molecule has 0 atom stereocenters. The van der Waals surface area contributed by atoms with Gasteiger partial charge in [-0.25, -0.2) is 0 Å². The molecule has 5 heavy (non-hydrogen) atoms. The number of rotatable bonds is 0. The molecule has 0 spiro atoms. The zero-order valence-corrected chi connectivity index (χ0v) is 5.77. The summed E-state index contributed by atoms with van der Waals surface area (Å²) in [6, 6.07) is 0. The van der Waals surface area contributed by atoms with Gasteiger partial charge in [0.15, 0.2) is 0 Å². The van der Waals surface area contributed by atoms with Crippen LogP contribution in [0.1, 0.15) is 6.92 Å². The average molecular weight is 149 g/mol. The maximum absolute atomic E-state index is 9.00. The summed E-state index contributed by atoms with van der Waals surface area (Å²) < 4.78 is 0. The molecule has 0 aromatic rings. The largest absolute Gasteiger partial charge is 0.481 e. The van der Waals surface area contributed by atoms with Gasteiger partial charge >= 0.3 is 0 Å². The van der Waals surface area contributed by atoms with Crippen molar-refractivity contribution in [1.29, 1.82) is 0 Å². The molecule has 2 nitrogen and oxygen atoms in total. The third-order valence-electron chi connectivity index (χ3n) is 0. The van der Waals surface area contributed by atoms with Crippen molar-refractivity contribution in [3.8, 4) is 0 Å². The number of carbonyl (C=O) groups is 1. The van der Waals surface area contributed by atoms with Gasteiger partial charge in [-0.15, -0.1) is 0 Å². The van der Waals surface area contributed by atoms with Crippen LogP contribution in [0.3, 0.4) is 0 Å². The van der Waals surface area contributed by atoms with Gasteiger partial charge in [0.25, 0.3) is 5.97 Å². The first-order valence-electron chi connectivity index (χ1n) is 0.928. The van der Waals surface area contributed by atoms with Gasteiger partial charge in [0.1, 0.15) is 0 Å². The molecular weight excluding hydrogens is 145 g/mol.